The molecule has 0 bridgehead atoms. The number of nitrogens with zero attached hydrogens (tertiary/aromatic N) is 2. The van der Waals surface area contributed by atoms with Gasteiger partial charge in [0.1, 0.15) is 0 Å². The van der Waals surface area contributed by atoms with Gasteiger partial charge in [-0.1, -0.05) is 44.2 Å². The highest BCUT2D eigenvalue weighted by Crippen LogP contribution is 2.07. The number of carbonyl (C=O) groups is 1. The smallest absolute Gasteiger partial charge is 0.222 e. The van der Waals surface area contributed by atoms with Crippen molar-refractivity contribution >= 4 is 11.7 Å². The summed E-state index contributed by atoms with van der Waals surface area (Å²) in [5.74, 6) is 0.107. The van der Waals surface area contributed by atoms with Crippen LogP contribution in [0.15, 0.2) is 5.16 Å². The Kier molecular flexibility index (Phi) is 9.19. The molecule has 17 heavy (non-hydrogen) atoms. The first-order chi connectivity index (χ1) is 8.11. The summed E-state index contributed by atoms with van der Waals surface area (Å²) in [5, 5.41) is 11.2. The molecule has 0 aromatic heterocycles. The largest absolute Gasteiger partial charge is 0.409 e. The Labute approximate surface area is 104 Å². The molecule has 3 N–H and O–H groups in total. The molecular weight excluding hydrogens is 218 g/mol. The SMILES string of the molecule is CCCCCCCCC(=O)N(C)CC(N)=NO. The quantitative estimate of drug-likeness (QED) is 0.213. The second-order valence-electron chi connectivity index (χ2n) is 4.36. The fourth-order valence-electron chi connectivity index (χ4n) is 1.61. The van der Waals surface area contributed by atoms with Crippen LogP contribution in [-0.4, -0.2) is 35.4 Å². The summed E-state index contributed by atoms with van der Waals surface area (Å²) < 4.78 is 0. The van der Waals surface area contributed by atoms with E-state index in [9.17, 15) is 4.79 Å². The molecule has 0 saturated carbocycles. The molecule has 0 fully saturated rings. The van der Waals surface area contributed by atoms with Crippen LogP contribution in [0.2, 0.25) is 0 Å². The molecule has 0 aliphatic heterocycles. The average molecular weight is 243 g/mol. The second kappa shape index (κ2) is 9.93. The Bertz CT molecular complexity index is 242. The van der Waals surface area contributed by atoms with Crippen LogP contribution in [0.25, 0.3) is 0 Å². The topological polar surface area (TPSA) is 78.9 Å². The fraction of sp³-hybridized carbons (Fsp3) is 0.833. The van der Waals surface area contributed by atoms with Crippen LogP contribution in [0.4, 0.5) is 0 Å². The van der Waals surface area contributed by atoms with Gasteiger partial charge in [-0.2, -0.15) is 0 Å². The summed E-state index contributed by atoms with van der Waals surface area (Å²) >= 11 is 0. The van der Waals surface area contributed by atoms with Crippen LogP contribution in [-0.2, 0) is 4.79 Å². The molecule has 1 amide bonds. The van der Waals surface area contributed by atoms with E-state index in [-0.39, 0.29) is 18.3 Å². The molecule has 0 aliphatic rings. The predicted octanol–water partition coefficient (Wildman–Crippen LogP) is 1.94. The standard InChI is InChI=1S/C12H25N3O2/c1-3-4-5-6-7-8-9-12(16)15(2)10-11(13)14-17/h17H,3-10H2,1-2H3,(H2,13,14). The molecule has 0 spiro atoms. The number of likely N-dealkylation sites (N-methyl/N-ethyl adjacent to an activating group) is 1. The van der Waals surface area contributed by atoms with E-state index in [0.717, 1.165) is 12.8 Å². The van der Waals surface area contributed by atoms with Crippen LogP contribution in [0.3, 0.4) is 0 Å². The highest BCUT2D eigenvalue weighted by atomic mass is 16.4. The Hall–Kier alpha value is -1.26. The van der Waals surface area contributed by atoms with Crippen LogP contribution in [0.5, 0.6) is 0 Å². The van der Waals surface area contributed by atoms with Gasteiger partial charge in [-0.3, -0.25) is 4.79 Å². The minimum absolute atomic E-state index is 0.0482. The number of rotatable bonds is 9. The van der Waals surface area contributed by atoms with E-state index in [1.807, 2.05) is 0 Å². The zero-order chi connectivity index (χ0) is 13.1. The predicted molar refractivity (Wildman–Crippen MR) is 69.0 cm³/mol. The molecule has 0 aliphatic carbocycles. The molecule has 0 heterocycles. The molecule has 100 valence electrons. The number of hydrogen-bond acceptors (Lipinski definition) is 3. The molecule has 0 aromatic carbocycles. The summed E-state index contributed by atoms with van der Waals surface area (Å²) in [6.07, 6.45) is 7.53. The third kappa shape index (κ3) is 8.54. The van der Waals surface area contributed by atoms with Crippen molar-refractivity contribution in [3.63, 3.8) is 0 Å². The molecule has 0 rings (SSSR count). The Balaban J connectivity index is 3.57. The van der Waals surface area contributed by atoms with Gasteiger partial charge in [0.05, 0.1) is 6.54 Å². The van der Waals surface area contributed by atoms with E-state index in [2.05, 4.69) is 12.1 Å². The second-order valence-corrected chi connectivity index (χ2v) is 4.36. The summed E-state index contributed by atoms with van der Waals surface area (Å²) in [5.41, 5.74) is 5.33. The van der Waals surface area contributed by atoms with Crippen LogP contribution < -0.4 is 5.73 Å². The number of carbonyl (C=O) groups excluding carboxylic acids is 1. The van der Waals surface area contributed by atoms with Crippen LogP contribution in [0, 0.1) is 0 Å². The molecular formula is C12H25N3O2. The van der Waals surface area contributed by atoms with Gasteiger partial charge in [0.15, 0.2) is 5.84 Å². The first-order valence-corrected chi connectivity index (χ1v) is 6.32. The maximum atomic E-state index is 11.6. The molecule has 0 saturated heterocycles. The third-order valence-corrected chi connectivity index (χ3v) is 2.70. The van der Waals surface area contributed by atoms with Gasteiger partial charge in [0.25, 0.3) is 0 Å². The lowest BCUT2D eigenvalue weighted by molar-refractivity contribution is -0.129. The molecule has 0 unspecified atom stereocenters. The fourth-order valence-corrected chi connectivity index (χ4v) is 1.61. The van der Waals surface area contributed by atoms with Crippen molar-refractivity contribution in [3.05, 3.63) is 0 Å². The van der Waals surface area contributed by atoms with Gasteiger partial charge < -0.3 is 15.8 Å². The number of unbranched alkanes of at least 4 members (excludes halogenated alkanes) is 5. The number of amidine groups is 1. The maximum absolute atomic E-state index is 11.6. The van der Waals surface area contributed by atoms with E-state index in [0.29, 0.717) is 6.42 Å². The van der Waals surface area contributed by atoms with E-state index >= 15 is 0 Å². The van der Waals surface area contributed by atoms with Crippen molar-refractivity contribution in [3.8, 4) is 0 Å². The lowest BCUT2D eigenvalue weighted by Crippen LogP contribution is -2.35. The van der Waals surface area contributed by atoms with Crippen molar-refractivity contribution in [2.75, 3.05) is 13.6 Å². The number of nitrogens with two attached hydrogens (primary N) is 1. The van der Waals surface area contributed by atoms with Gasteiger partial charge in [-0.25, -0.2) is 0 Å². The van der Waals surface area contributed by atoms with E-state index in [1.54, 1.807) is 7.05 Å². The molecule has 0 radical (unpaired) electrons. The lowest BCUT2D eigenvalue weighted by atomic mass is 10.1. The lowest BCUT2D eigenvalue weighted by Gasteiger charge is -2.15. The highest BCUT2D eigenvalue weighted by molar-refractivity contribution is 5.86. The maximum Gasteiger partial charge on any atom is 0.222 e. The summed E-state index contributed by atoms with van der Waals surface area (Å²) in [7, 11) is 1.66. The monoisotopic (exact) mass is 243 g/mol. The zero-order valence-electron chi connectivity index (χ0n) is 11.0. The Morgan fingerprint density at radius 2 is 1.82 bits per heavy atom. The van der Waals surface area contributed by atoms with Crippen LogP contribution in [0.1, 0.15) is 51.9 Å². The summed E-state index contributed by atoms with van der Waals surface area (Å²) in [6, 6.07) is 0. The first-order valence-electron chi connectivity index (χ1n) is 6.32. The van der Waals surface area contributed by atoms with E-state index in [1.165, 1.54) is 30.6 Å². The molecule has 0 aromatic rings. The summed E-state index contributed by atoms with van der Waals surface area (Å²) in [6.45, 7) is 2.37. The molecule has 5 nitrogen and oxygen atoms in total. The minimum atomic E-state index is 0.0482. The average Bonchev–Trinajstić information content (AvgIpc) is 2.32. The Morgan fingerprint density at radius 3 is 2.41 bits per heavy atom. The Morgan fingerprint density at radius 1 is 1.24 bits per heavy atom. The third-order valence-electron chi connectivity index (χ3n) is 2.70. The van der Waals surface area contributed by atoms with Gasteiger partial charge in [-0.15, -0.1) is 0 Å². The van der Waals surface area contributed by atoms with Gasteiger partial charge in [-0.05, 0) is 6.42 Å². The van der Waals surface area contributed by atoms with E-state index in [4.69, 9.17) is 10.9 Å². The van der Waals surface area contributed by atoms with Gasteiger partial charge >= 0.3 is 0 Å². The first kappa shape index (κ1) is 15.7. The van der Waals surface area contributed by atoms with Crippen LogP contribution >= 0.6 is 0 Å². The van der Waals surface area contributed by atoms with Crippen molar-refractivity contribution < 1.29 is 10.0 Å². The van der Waals surface area contributed by atoms with Crippen molar-refractivity contribution in [2.45, 2.75) is 51.9 Å². The minimum Gasteiger partial charge on any atom is -0.409 e. The number of oxime groups is 1. The number of hydrogen-bond donors (Lipinski definition) is 2. The molecule has 0 atom stereocenters. The van der Waals surface area contributed by atoms with Crippen molar-refractivity contribution in [2.24, 2.45) is 10.9 Å². The zero-order valence-corrected chi connectivity index (χ0v) is 11.0. The van der Waals surface area contributed by atoms with Crippen molar-refractivity contribution in [1.82, 2.24) is 4.90 Å². The van der Waals surface area contributed by atoms with Gasteiger partial charge in [0.2, 0.25) is 5.91 Å². The van der Waals surface area contributed by atoms with E-state index < -0.39 is 0 Å². The molecule has 5 heteroatoms. The number of amides is 1. The normalized spacial score (nSPS) is 11.5. The van der Waals surface area contributed by atoms with Gasteiger partial charge in [0, 0.05) is 13.5 Å². The highest BCUT2D eigenvalue weighted by Gasteiger charge is 2.09. The summed E-state index contributed by atoms with van der Waals surface area (Å²) in [4.78, 5) is 13.1. The van der Waals surface area contributed by atoms with Crippen molar-refractivity contribution in [1.29, 1.82) is 0 Å².